The summed E-state index contributed by atoms with van der Waals surface area (Å²) in [6, 6.07) is 2.89. The van der Waals surface area contributed by atoms with E-state index in [2.05, 4.69) is 0 Å². The van der Waals surface area contributed by atoms with E-state index in [-0.39, 0.29) is 29.5 Å². The maximum absolute atomic E-state index is 12.7. The molecule has 0 saturated carbocycles. The van der Waals surface area contributed by atoms with E-state index in [4.69, 9.17) is 17.3 Å². The topological polar surface area (TPSA) is 63.4 Å². The molecule has 0 aromatic heterocycles. The number of likely N-dealkylation sites (tertiary alicyclic amines) is 1. The van der Waals surface area contributed by atoms with Crippen LogP contribution in [-0.4, -0.2) is 29.8 Å². The standard InChI is InChI=1S/C15H16ClF3N2O2/c16-12-4-3-11(15(17,18)19)6-10(12)7-13(22)21-5-1-2-9(8-21)14(20)23/h3-4,6,9H,1-2,5,7-8H2,(H2,20,23)/t9-/m0/s1. The first-order valence-corrected chi connectivity index (χ1v) is 7.49. The monoisotopic (exact) mass is 348 g/mol. The van der Waals surface area contributed by atoms with E-state index in [1.165, 1.54) is 4.90 Å². The van der Waals surface area contributed by atoms with E-state index in [0.717, 1.165) is 18.2 Å². The predicted octanol–water partition coefficient (Wildman–Crippen LogP) is 2.63. The first-order valence-electron chi connectivity index (χ1n) is 7.11. The molecule has 1 aromatic rings. The number of halogens is 4. The lowest BCUT2D eigenvalue weighted by molar-refractivity contribution is -0.138. The molecule has 0 unspecified atom stereocenters. The summed E-state index contributed by atoms with van der Waals surface area (Å²) >= 11 is 5.90. The maximum atomic E-state index is 12.7. The van der Waals surface area contributed by atoms with Gasteiger partial charge in [-0.25, -0.2) is 0 Å². The van der Waals surface area contributed by atoms with Crippen molar-refractivity contribution in [3.05, 3.63) is 34.3 Å². The number of amides is 2. The third kappa shape index (κ3) is 4.37. The Morgan fingerprint density at radius 3 is 2.65 bits per heavy atom. The van der Waals surface area contributed by atoms with Crippen LogP contribution in [0.5, 0.6) is 0 Å². The number of benzene rings is 1. The average molecular weight is 349 g/mol. The number of carbonyl (C=O) groups is 2. The Hall–Kier alpha value is -1.76. The van der Waals surface area contributed by atoms with Gasteiger partial charge in [0.05, 0.1) is 17.9 Å². The summed E-state index contributed by atoms with van der Waals surface area (Å²) in [5.41, 5.74) is 4.52. The predicted molar refractivity (Wildman–Crippen MR) is 78.7 cm³/mol. The molecule has 2 amide bonds. The number of hydrogen-bond donors (Lipinski definition) is 1. The average Bonchev–Trinajstić information content (AvgIpc) is 2.48. The summed E-state index contributed by atoms with van der Waals surface area (Å²) < 4.78 is 38.2. The molecular formula is C15H16ClF3N2O2. The van der Waals surface area contributed by atoms with E-state index in [1.54, 1.807) is 0 Å². The zero-order valence-corrected chi connectivity index (χ0v) is 13.0. The van der Waals surface area contributed by atoms with E-state index in [1.807, 2.05) is 0 Å². The lowest BCUT2D eigenvalue weighted by atomic mass is 9.97. The molecule has 1 fully saturated rings. The molecule has 1 heterocycles. The molecule has 1 saturated heterocycles. The summed E-state index contributed by atoms with van der Waals surface area (Å²) in [5.74, 6) is -1.25. The van der Waals surface area contributed by atoms with Crippen molar-refractivity contribution in [2.75, 3.05) is 13.1 Å². The number of rotatable bonds is 3. The summed E-state index contributed by atoms with van der Waals surface area (Å²) in [7, 11) is 0. The van der Waals surface area contributed by atoms with Gasteiger partial charge in [0.2, 0.25) is 11.8 Å². The van der Waals surface area contributed by atoms with E-state index < -0.39 is 23.6 Å². The van der Waals surface area contributed by atoms with Crippen LogP contribution in [0.3, 0.4) is 0 Å². The molecule has 23 heavy (non-hydrogen) atoms. The highest BCUT2D eigenvalue weighted by atomic mass is 35.5. The summed E-state index contributed by atoms with van der Waals surface area (Å²) in [6.07, 6.45) is -3.49. The van der Waals surface area contributed by atoms with Crippen LogP contribution >= 0.6 is 11.6 Å². The van der Waals surface area contributed by atoms with Gasteiger partial charge in [0, 0.05) is 18.1 Å². The second-order valence-corrected chi connectivity index (χ2v) is 5.97. The summed E-state index contributed by atoms with van der Waals surface area (Å²) in [4.78, 5) is 25.0. The third-order valence-electron chi connectivity index (χ3n) is 3.89. The number of piperidine rings is 1. The van der Waals surface area contributed by atoms with Gasteiger partial charge >= 0.3 is 6.18 Å². The molecule has 2 N–H and O–H groups in total. The minimum Gasteiger partial charge on any atom is -0.369 e. The van der Waals surface area contributed by atoms with Crippen molar-refractivity contribution in [2.45, 2.75) is 25.4 Å². The van der Waals surface area contributed by atoms with Crippen molar-refractivity contribution in [3.63, 3.8) is 0 Å². The fourth-order valence-corrected chi connectivity index (χ4v) is 2.78. The number of primary amides is 1. The van der Waals surface area contributed by atoms with Crippen LogP contribution in [0.25, 0.3) is 0 Å². The van der Waals surface area contributed by atoms with Crippen molar-refractivity contribution < 1.29 is 22.8 Å². The van der Waals surface area contributed by atoms with Gasteiger partial charge in [-0.05, 0) is 36.6 Å². The minimum atomic E-state index is -4.50. The number of carbonyl (C=O) groups excluding carboxylic acids is 2. The number of nitrogens with zero attached hydrogens (tertiary/aromatic N) is 1. The Morgan fingerprint density at radius 2 is 2.04 bits per heavy atom. The Labute approximate surface area is 136 Å². The van der Waals surface area contributed by atoms with Gasteiger partial charge < -0.3 is 10.6 Å². The van der Waals surface area contributed by atoms with E-state index in [0.29, 0.717) is 19.4 Å². The first kappa shape index (κ1) is 17.6. The Bertz CT molecular complexity index is 619. The fourth-order valence-electron chi connectivity index (χ4n) is 2.60. The van der Waals surface area contributed by atoms with Crippen LogP contribution in [0, 0.1) is 5.92 Å². The third-order valence-corrected chi connectivity index (χ3v) is 4.26. The normalized spacial score (nSPS) is 18.8. The molecule has 1 aliphatic rings. The van der Waals surface area contributed by atoms with Gasteiger partial charge in [-0.3, -0.25) is 9.59 Å². The summed E-state index contributed by atoms with van der Waals surface area (Å²) in [5, 5.41) is 0.106. The van der Waals surface area contributed by atoms with Gasteiger partial charge in [0.1, 0.15) is 0 Å². The second kappa shape index (κ2) is 6.78. The summed E-state index contributed by atoms with van der Waals surface area (Å²) in [6.45, 7) is 0.657. The Morgan fingerprint density at radius 1 is 1.35 bits per heavy atom. The van der Waals surface area contributed by atoms with Gasteiger partial charge in [0.25, 0.3) is 0 Å². The SMILES string of the molecule is NC(=O)[C@H]1CCCN(C(=O)Cc2cc(C(F)(F)F)ccc2Cl)C1. The van der Waals surface area contributed by atoms with Gasteiger partial charge in [-0.2, -0.15) is 13.2 Å². The molecule has 0 radical (unpaired) electrons. The van der Waals surface area contributed by atoms with Crippen molar-refractivity contribution in [1.29, 1.82) is 0 Å². The second-order valence-electron chi connectivity index (χ2n) is 5.56. The zero-order valence-electron chi connectivity index (χ0n) is 12.2. The molecule has 4 nitrogen and oxygen atoms in total. The van der Waals surface area contributed by atoms with E-state index >= 15 is 0 Å². The highest BCUT2D eigenvalue weighted by Crippen LogP contribution is 2.32. The molecule has 0 aliphatic carbocycles. The minimum absolute atomic E-state index is 0.106. The van der Waals surface area contributed by atoms with Gasteiger partial charge in [0.15, 0.2) is 0 Å². The van der Waals surface area contributed by atoms with Crippen LogP contribution in [0.2, 0.25) is 5.02 Å². The van der Waals surface area contributed by atoms with Crippen LogP contribution in [0.1, 0.15) is 24.0 Å². The lowest BCUT2D eigenvalue weighted by Crippen LogP contribution is -2.44. The molecule has 1 aromatic carbocycles. The zero-order chi connectivity index (χ0) is 17.2. The van der Waals surface area contributed by atoms with Gasteiger partial charge in [-0.1, -0.05) is 11.6 Å². The van der Waals surface area contributed by atoms with Crippen LogP contribution in [0.15, 0.2) is 18.2 Å². The lowest BCUT2D eigenvalue weighted by Gasteiger charge is -2.31. The fraction of sp³-hybridized carbons (Fsp3) is 0.467. The molecular weight excluding hydrogens is 333 g/mol. The molecule has 0 bridgehead atoms. The van der Waals surface area contributed by atoms with Crippen LogP contribution in [0.4, 0.5) is 13.2 Å². The molecule has 126 valence electrons. The van der Waals surface area contributed by atoms with Crippen molar-refractivity contribution in [1.82, 2.24) is 4.90 Å². The molecule has 0 spiro atoms. The van der Waals surface area contributed by atoms with Crippen molar-refractivity contribution in [3.8, 4) is 0 Å². The van der Waals surface area contributed by atoms with Crippen molar-refractivity contribution in [2.24, 2.45) is 11.7 Å². The quantitative estimate of drug-likeness (QED) is 0.912. The van der Waals surface area contributed by atoms with Crippen LogP contribution < -0.4 is 5.73 Å². The molecule has 2 rings (SSSR count). The number of alkyl halides is 3. The maximum Gasteiger partial charge on any atom is 0.416 e. The highest BCUT2D eigenvalue weighted by Gasteiger charge is 2.32. The Kier molecular flexibility index (Phi) is 5.19. The Balaban J connectivity index is 2.12. The smallest absolute Gasteiger partial charge is 0.369 e. The molecule has 1 aliphatic heterocycles. The van der Waals surface area contributed by atoms with Gasteiger partial charge in [-0.15, -0.1) is 0 Å². The number of nitrogens with two attached hydrogens (primary N) is 1. The van der Waals surface area contributed by atoms with Crippen molar-refractivity contribution >= 4 is 23.4 Å². The van der Waals surface area contributed by atoms with Crippen LogP contribution in [-0.2, 0) is 22.2 Å². The first-order chi connectivity index (χ1) is 10.7. The highest BCUT2D eigenvalue weighted by molar-refractivity contribution is 6.31. The largest absolute Gasteiger partial charge is 0.416 e. The number of hydrogen-bond acceptors (Lipinski definition) is 2. The van der Waals surface area contributed by atoms with E-state index in [9.17, 15) is 22.8 Å². The molecule has 8 heteroatoms. The molecule has 1 atom stereocenters.